The van der Waals surface area contributed by atoms with Gasteiger partial charge < -0.3 is 5.11 Å². The van der Waals surface area contributed by atoms with Crippen LogP contribution in [0, 0.1) is 17.8 Å². The third-order valence-electron chi connectivity index (χ3n) is 5.96. The highest BCUT2D eigenvalue weighted by atomic mass is 16.3. The minimum atomic E-state index is -0.328. The molecule has 2 heterocycles. The van der Waals surface area contributed by atoms with Crippen LogP contribution in [0.3, 0.4) is 0 Å². The summed E-state index contributed by atoms with van der Waals surface area (Å²) in [5.74, 6) is 1.81. The number of aliphatic hydroxyl groups excluding tert-OH is 1. The monoisotopic (exact) mass is 261 g/mol. The number of Topliss-reactive ketones (excluding diaryl/α,β-unsaturated/α-hetero) is 1. The van der Waals surface area contributed by atoms with Gasteiger partial charge in [0.25, 0.3) is 0 Å². The Labute approximate surface area is 114 Å². The van der Waals surface area contributed by atoms with Gasteiger partial charge >= 0.3 is 0 Å². The number of nitrogens with zero attached hydrogens (tertiary/aromatic N) is 1. The van der Waals surface area contributed by atoms with E-state index in [1.807, 2.05) is 0 Å². The molecule has 0 aromatic heterocycles. The van der Waals surface area contributed by atoms with Crippen molar-refractivity contribution in [2.75, 3.05) is 13.1 Å². The average Bonchev–Trinajstić information content (AvgIpc) is 2.34. The highest BCUT2D eigenvalue weighted by Gasteiger charge is 2.60. The van der Waals surface area contributed by atoms with E-state index < -0.39 is 0 Å². The summed E-state index contributed by atoms with van der Waals surface area (Å²) in [7, 11) is 0. The maximum Gasteiger partial charge on any atom is 0.138 e. The quantitative estimate of drug-likeness (QED) is 0.675. The maximum atomic E-state index is 12.5. The van der Waals surface area contributed by atoms with Gasteiger partial charge in [0.1, 0.15) is 5.78 Å². The molecule has 2 saturated carbocycles. The van der Waals surface area contributed by atoms with Gasteiger partial charge in [-0.2, -0.15) is 0 Å². The predicted octanol–water partition coefficient (Wildman–Crippen LogP) is 1.76. The predicted molar refractivity (Wildman–Crippen MR) is 72.6 cm³/mol. The molecule has 5 atom stereocenters. The number of piperidine rings is 1. The van der Waals surface area contributed by atoms with E-state index in [1.54, 1.807) is 0 Å². The Balaban J connectivity index is 1.89. The third-order valence-corrected chi connectivity index (χ3v) is 5.96. The van der Waals surface area contributed by atoms with Crippen LogP contribution < -0.4 is 0 Å². The number of carbonyl (C=O) groups excluding carboxylic acids is 1. The fraction of sp³-hybridized carbons (Fsp3) is 0.812. The van der Waals surface area contributed by atoms with E-state index >= 15 is 0 Å². The van der Waals surface area contributed by atoms with Crippen molar-refractivity contribution in [3.8, 4) is 0 Å². The zero-order valence-electron chi connectivity index (χ0n) is 11.6. The highest BCUT2D eigenvalue weighted by molar-refractivity contribution is 5.86. The van der Waals surface area contributed by atoms with E-state index in [0.717, 1.165) is 45.2 Å². The van der Waals surface area contributed by atoms with Crippen molar-refractivity contribution >= 4 is 5.78 Å². The summed E-state index contributed by atoms with van der Waals surface area (Å²) in [4.78, 5) is 15.0. The van der Waals surface area contributed by atoms with Crippen LogP contribution >= 0.6 is 0 Å². The summed E-state index contributed by atoms with van der Waals surface area (Å²) in [6, 6.07) is 0. The SMILES string of the molecule is CC1CC2CC(=O)C3CCCN4CC(O)C=C2C34C1. The topological polar surface area (TPSA) is 40.5 Å². The second-order valence-corrected chi connectivity index (χ2v) is 7.17. The van der Waals surface area contributed by atoms with E-state index in [4.69, 9.17) is 0 Å². The molecule has 104 valence electrons. The van der Waals surface area contributed by atoms with Crippen molar-refractivity contribution < 1.29 is 9.90 Å². The molecular weight excluding hydrogens is 238 g/mol. The van der Waals surface area contributed by atoms with Gasteiger partial charge in [-0.25, -0.2) is 0 Å². The zero-order chi connectivity index (χ0) is 13.2. The van der Waals surface area contributed by atoms with Crippen LogP contribution in [0.2, 0.25) is 0 Å². The minimum absolute atomic E-state index is 0.00481. The lowest BCUT2D eigenvalue weighted by molar-refractivity contribution is -0.141. The van der Waals surface area contributed by atoms with Crippen LogP contribution in [0.5, 0.6) is 0 Å². The van der Waals surface area contributed by atoms with E-state index in [1.165, 1.54) is 5.57 Å². The molecule has 2 aliphatic heterocycles. The van der Waals surface area contributed by atoms with Gasteiger partial charge in [0.05, 0.1) is 11.6 Å². The fourth-order valence-corrected chi connectivity index (χ4v) is 5.52. The van der Waals surface area contributed by atoms with Crippen molar-refractivity contribution in [3.05, 3.63) is 11.6 Å². The molecule has 0 amide bonds. The first-order valence-electron chi connectivity index (χ1n) is 7.79. The first-order chi connectivity index (χ1) is 9.11. The molecule has 0 radical (unpaired) electrons. The Kier molecular flexibility index (Phi) is 2.50. The molecular formula is C16H23NO2. The van der Waals surface area contributed by atoms with E-state index in [-0.39, 0.29) is 17.6 Å². The number of aliphatic hydroxyl groups is 1. The Bertz CT molecular complexity index is 458. The lowest BCUT2D eigenvalue weighted by Crippen LogP contribution is -2.68. The van der Waals surface area contributed by atoms with Gasteiger partial charge in [0.2, 0.25) is 0 Å². The summed E-state index contributed by atoms with van der Waals surface area (Å²) in [5.41, 5.74) is 1.42. The second kappa shape index (κ2) is 3.92. The first kappa shape index (κ1) is 12.1. The summed E-state index contributed by atoms with van der Waals surface area (Å²) < 4.78 is 0. The van der Waals surface area contributed by atoms with Crippen LogP contribution in [-0.2, 0) is 4.79 Å². The Morgan fingerprint density at radius 2 is 2.32 bits per heavy atom. The third kappa shape index (κ3) is 1.49. The molecule has 3 nitrogen and oxygen atoms in total. The lowest BCUT2D eigenvalue weighted by Gasteiger charge is -2.62. The normalized spacial score (nSPS) is 49.6. The van der Waals surface area contributed by atoms with Gasteiger partial charge in [0, 0.05) is 18.9 Å². The molecule has 3 fully saturated rings. The Morgan fingerprint density at radius 1 is 1.47 bits per heavy atom. The molecule has 3 heteroatoms. The summed E-state index contributed by atoms with van der Waals surface area (Å²) in [6.45, 7) is 4.12. The van der Waals surface area contributed by atoms with Gasteiger partial charge in [-0.15, -0.1) is 0 Å². The van der Waals surface area contributed by atoms with Crippen LogP contribution in [0.25, 0.3) is 0 Å². The van der Waals surface area contributed by atoms with Crippen molar-refractivity contribution in [2.45, 2.75) is 50.7 Å². The zero-order valence-corrected chi connectivity index (χ0v) is 11.6. The van der Waals surface area contributed by atoms with Crippen molar-refractivity contribution in [2.24, 2.45) is 17.8 Å². The van der Waals surface area contributed by atoms with Gasteiger partial charge in [-0.05, 0) is 49.6 Å². The average molecular weight is 261 g/mol. The molecule has 4 rings (SSSR count). The van der Waals surface area contributed by atoms with E-state index in [2.05, 4.69) is 17.9 Å². The highest BCUT2D eigenvalue weighted by Crippen LogP contribution is 2.57. The fourth-order valence-electron chi connectivity index (χ4n) is 5.52. The summed E-state index contributed by atoms with van der Waals surface area (Å²) >= 11 is 0. The van der Waals surface area contributed by atoms with Crippen molar-refractivity contribution in [1.29, 1.82) is 0 Å². The molecule has 1 saturated heterocycles. The summed E-state index contributed by atoms with van der Waals surface area (Å²) in [6.07, 6.45) is 6.93. The lowest BCUT2D eigenvalue weighted by atomic mass is 9.52. The minimum Gasteiger partial charge on any atom is -0.388 e. The van der Waals surface area contributed by atoms with Gasteiger partial charge in [0.15, 0.2) is 0 Å². The number of hydrogen-bond donors (Lipinski definition) is 1. The maximum absolute atomic E-state index is 12.5. The van der Waals surface area contributed by atoms with Gasteiger partial charge in [-0.1, -0.05) is 13.0 Å². The molecule has 1 N–H and O–H groups in total. The Hall–Kier alpha value is -0.670. The number of rotatable bonds is 0. The molecule has 4 aliphatic rings. The van der Waals surface area contributed by atoms with Crippen LogP contribution in [0.4, 0.5) is 0 Å². The van der Waals surface area contributed by atoms with E-state index in [9.17, 15) is 9.90 Å². The van der Waals surface area contributed by atoms with Crippen LogP contribution in [-0.4, -0.2) is 40.5 Å². The summed E-state index contributed by atoms with van der Waals surface area (Å²) in [5, 5.41) is 10.1. The molecule has 5 unspecified atom stereocenters. The van der Waals surface area contributed by atoms with Crippen molar-refractivity contribution in [1.82, 2.24) is 4.90 Å². The standard InChI is InChI=1S/C16H23NO2/c1-10-5-11-6-15(19)13-3-2-4-17-9-12(18)7-14(11)16(13,17)8-10/h7,10-13,18H,2-6,8-9H2,1H3. The molecule has 0 aromatic rings. The molecule has 0 aromatic carbocycles. The van der Waals surface area contributed by atoms with Crippen LogP contribution in [0.1, 0.15) is 39.0 Å². The number of β-amino-alcohol motifs (C(OH)–C–C–N with tert-alkyl or cyclic N) is 1. The molecule has 1 spiro atoms. The molecule has 2 aliphatic carbocycles. The Morgan fingerprint density at radius 3 is 3.16 bits per heavy atom. The molecule has 19 heavy (non-hydrogen) atoms. The first-order valence-corrected chi connectivity index (χ1v) is 7.79. The number of ketones is 1. The number of carbonyl (C=O) groups is 1. The molecule has 2 bridgehead atoms. The van der Waals surface area contributed by atoms with Gasteiger partial charge in [-0.3, -0.25) is 9.69 Å². The number of hydrogen-bond acceptors (Lipinski definition) is 3. The van der Waals surface area contributed by atoms with Crippen LogP contribution in [0.15, 0.2) is 11.6 Å². The second-order valence-electron chi connectivity index (χ2n) is 7.17. The smallest absolute Gasteiger partial charge is 0.138 e. The van der Waals surface area contributed by atoms with E-state index in [0.29, 0.717) is 17.6 Å². The van der Waals surface area contributed by atoms with Crippen molar-refractivity contribution in [3.63, 3.8) is 0 Å². The largest absolute Gasteiger partial charge is 0.388 e.